The van der Waals surface area contributed by atoms with E-state index >= 15 is 0 Å². The van der Waals surface area contributed by atoms with E-state index in [1.807, 2.05) is 37.3 Å². The quantitative estimate of drug-likeness (QED) is 0.582. The van der Waals surface area contributed by atoms with Crippen molar-refractivity contribution >= 4 is 5.97 Å². The van der Waals surface area contributed by atoms with Crippen LogP contribution < -0.4 is 5.73 Å². The standard InChI is InChI=1S/C12H17NO3/c1-10(11-5-3-2-4-6-11)16-12(14)9-15-8-7-13/h2-6,10H,7-9,13H2,1H3. The summed E-state index contributed by atoms with van der Waals surface area (Å²) >= 11 is 0. The summed E-state index contributed by atoms with van der Waals surface area (Å²) in [5.41, 5.74) is 6.20. The van der Waals surface area contributed by atoms with Crippen LogP contribution in [0, 0.1) is 0 Å². The van der Waals surface area contributed by atoms with Gasteiger partial charge in [-0.15, -0.1) is 0 Å². The molecule has 0 amide bonds. The molecule has 0 bridgehead atoms. The molecule has 1 aromatic rings. The Kier molecular flexibility index (Phi) is 5.53. The van der Waals surface area contributed by atoms with Gasteiger partial charge in [0.05, 0.1) is 6.61 Å². The molecular formula is C12H17NO3. The molecule has 4 heteroatoms. The van der Waals surface area contributed by atoms with E-state index in [0.29, 0.717) is 13.2 Å². The number of hydrogen-bond donors (Lipinski definition) is 1. The molecule has 4 nitrogen and oxygen atoms in total. The van der Waals surface area contributed by atoms with Crippen molar-refractivity contribution < 1.29 is 14.3 Å². The Hall–Kier alpha value is -1.39. The summed E-state index contributed by atoms with van der Waals surface area (Å²) in [5.74, 6) is -0.371. The largest absolute Gasteiger partial charge is 0.456 e. The lowest BCUT2D eigenvalue weighted by atomic mass is 10.1. The monoisotopic (exact) mass is 223 g/mol. The SMILES string of the molecule is CC(OC(=O)COCCN)c1ccccc1. The number of esters is 1. The van der Waals surface area contributed by atoms with E-state index in [-0.39, 0.29) is 18.7 Å². The number of carbonyl (C=O) groups is 1. The van der Waals surface area contributed by atoms with E-state index in [1.54, 1.807) is 0 Å². The van der Waals surface area contributed by atoms with Crippen LogP contribution in [0.1, 0.15) is 18.6 Å². The second kappa shape index (κ2) is 6.98. The minimum atomic E-state index is -0.371. The summed E-state index contributed by atoms with van der Waals surface area (Å²) in [7, 11) is 0. The maximum Gasteiger partial charge on any atom is 0.332 e. The van der Waals surface area contributed by atoms with Gasteiger partial charge in [0, 0.05) is 6.54 Å². The van der Waals surface area contributed by atoms with Gasteiger partial charge < -0.3 is 15.2 Å². The zero-order valence-corrected chi connectivity index (χ0v) is 9.39. The number of hydrogen-bond acceptors (Lipinski definition) is 4. The van der Waals surface area contributed by atoms with Gasteiger partial charge in [0.1, 0.15) is 12.7 Å². The summed E-state index contributed by atoms with van der Waals surface area (Å²) in [6.07, 6.45) is -0.254. The number of ether oxygens (including phenoxy) is 2. The Labute approximate surface area is 95.3 Å². The molecule has 16 heavy (non-hydrogen) atoms. The van der Waals surface area contributed by atoms with Crippen LogP contribution in [0.3, 0.4) is 0 Å². The molecule has 1 unspecified atom stereocenters. The highest BCUT2D eigenvalue weighted by Crippen LogP contribution is 2.15. The van der Waals surface area contributed by atoms with E-state index in [9.17, 15) is 4.79 Å². The first-order valence-electron chi connectivity index (χ1n) is 5.26. The van der Waals surface area contributed by atoms with Crippen LogP contribution in [0.25, 0.3) is 0 Å². The number of nitrogens with two attached hydrogens (primary N) is 1. The summed E-state index contributed by atoms with van der Waals surface area (Å²) < 4.78 is 10.2. The average Bonchev–Trinajstić information content (AvgIpc) is 2.30. The molecule has 0 spiro atoms. The molecule has 1 aromatic carbocycles. The van der Waals surface area contributed by atoms with Gasteiger partial charge >= 0.3 is 5.97 Å². The van der Waals surface area contributed by atoms with Gasteiger partial charge in [-0.25, -0.2) is 4.79 Å². The molecule has 88 valence electrons. The molecule has 0 radical (unpaired) electrons. The molecule has 0 aliphatic rings. The molecular weight excluding hydrogens is 206 g/mol. The van der Waals surface area contributed by atoms with Crippen LogP contribution in [-0.4, -0.2) is 25.7 Å². The van der Waals surface area contributed by atoms with Gasteiger partial charge in [0.2, 0.25) is 0 Å². The Balaban J connectivity index is 2.34. The highest BCUT2D eigenvalue weighted by atomic mass is 16.6. The second-order valence-electron chi connectivity index (χ2n) is 3.38. The topological polar surface area (TPSA) is 61.5 Å². The summed E-state index contributed by atoms with van der Waals surface area (Å²) in [6, 6.07) is 9.56. The third kappa shape index (κ3) is 4.42. The van der Waals surface area contributed by atoms with Crippen molar-refractivity contribution in [3.05, 3.63) is 35.9 Å². The minimum Gasteiger partial charge on any atom is -0.456 e. The molecule has 0 fully saturated rings. The molecule has 0 saturated heterocycles. The number of carbonyl (C=O) groups excluding carboxylic acids is 1. The van der Waals surface area contributed by atoms with Gasteiger partial charge in [0.15, 0.2) is 0 Å². The van der Waals surface area contributed by atoms with E-state index < -0.39 is 0 Å². The molecule has 0 aromatic heterocycles. The normalized spacial score (nSPS) is 12.1. The molecule has 0 aliphatic carbocycles. The van der Waals surface area contributed by atoms with Crippen molar-refractivity contribution in [2.75, 3.05) is 19.8 Å². The molecule has 0 heterocycles. The van der Waals surface area contributed by atoms with Crippen molar-refractivity contribution in [3.8, 4) is 0 Å². The third-order valence-corrected chi connectivity index (χ3v) is 2.06. The Bertz CT molecular complexity index is 313. The first-order valence-corrected chi connectivity index (χ1v) is 5.26. The molecule has 1 rings (SSSR count). The maximum atomic E-state index is 11.3. The van der Waals surface area contributed by atoms with Crippen molar-refractivity contribution in [2.45, 2.75) is 13.0 Å². The lowest BCUT2D eigenvalue weighted by Gasteiger charge is -2.13. The highest BCUT2D eigenvalue weighted by Gasteiger charge is 2.10. The Morgan fingerprint density at radius 2 is 2.06 bits per heavy atom. The Morgan fingerprint density at radius 1 is 1.38 bits per heavy atom. The van der Waals surface area contributed by atoms with E-state index in [4.69, 9.17) is 15.2 Å². The fraction of sp³-hybridized carbons (Fsp3) is 0.417. The lowest BCUT2D eigenvalue weighted by Crippen LogP contribution is -2.18. The predicted molar refractivity (Wildman–Crippen MR) is 60.8 cm³/mol. The zero-order valence-electron chi connectivity index (χ0n) is 9.39. The Morgan fingerprint density at radius 3 is 2.69 bits per heavy atom. The predicted octanol–water partition coefficient (Wildman–Crippen LogP) is 1.27. The second-order valence-corrected chi connectivity index (χ2v) is 3.38. The zero-order chi connectivity index (χ0) is 11.8. The van der Waals surface area contributed by atoms with E-state index in [1.165, 1.54) is 0 Å². The van der Waals surface area contributed by atoms with Crippen LogP contribution >= 0.6 is 0 Å². The lowest BCUT2D eigenvalue weighted by molar-refractivity contribution is -0.153. The number of rotatable bonds is 6. The van der Waals surface area contributed by atoms with Crippen LogP contribution in [0.5, 0.6) is 0 Å². The van der Waals surface area contributed by atoms with Crippen LogP contribution in [0.2, 0.25) is 0 Å². The van der Waals surface area contributed by atoms with Crippen molar-refractivity contribution in [2.24, 2.45) is 5.73 Å². The fourth-order valence-corrected chi connectivity index (χ4v) is 1.26. The maximum absolute atomic E-state index is 11.3. The van der Waals surface area contributed by atoms with Crippen LogP contribution in [0.4, 0.5) is 0 Å². The van der Waals surface area contributed by atoms with Gasteiger partial charge in [-0.3, -0.25) is 0 Å². The van der Waals surface area contributed by atoms with E-state index in [0.717, 1.165) is 5.56 Å². The van der Waals surface area contributed by atoms with Crippen LogP contribution in [-0.2, 0) is 14.3 Å². The smallest absolute Gasteiger partial charge is 0.332 e. The molecule has 0 saturated carbocycles. The average molecular weight is 223 g/mol. The van der Waals surface area contributed by atoms with Gasteiger partial charge in [-0.05, 0) is 12.5 Å². The van der Waals surface area contributed by atoms with Crippen molar-refractivity contribution in [1.82, 2.24) is 0 Å². The van der Waals surface area contributed by atoms with Gasteiger partial charge in [-0.2, -0.15) is 0 Å². The first kappa shape index (κ1) is 12.7. The van der Waals surface area contributed by atoms with Crippen molar-refractivity contribution in [1.29, 1.82) is 0 Å². The minimum absolute atomic E-state index is 0.0472. The van der Waals surface area contributed by atoms with E-state index in [2.05, 4.69) is 0 Å². The van der Waals surface area contributed by atoms with Crippen molar-refractivity contribution in [3.63, 3.8) is 0 Å². The summed E-state index contributed by atoms with van der Waals surface area (Å²) in [6.45, 7) is 2.56. The molecule has 2 N–H and O–H groups in total. The highest BCUT2D eigenvalue weighted by molar-refractivity contribution is 5.71. The summed E-state index contributed by atoms with van der Waals surface area (Å²) in [4.78, 5) is 11.3. The first-order chi connectivity index (χ1) is 7.74. The fourth-order valence-electron chi connectivity index (χ4n) is 1.26. The summed E-state index contributed by atoms with van der Waals surface area (Å²) in [5, 5.41) is 0. The van der Waals surface area contributed by atoms with Gasteiger partial charge in [0.25, 0.3) is 0 Å². The van der Waals surface area contributed by atoms with Gasteiger partial charge in [-0.1, -0.05) is 30.3 Å². The van der Waals surface area contributed by atoms with Crippen LogP contribution in [0.15, 0.2) is 30.3 Å². The third-order valence-electron chi connectivity index (χ3n) is 2.06. The molecule has 1 atom stereocenters. The molecule has 0 aliphatic heterocycles. The number of benzene rings is 1.